The predicted molar refractivity (Wildman–Crippen MR) is 109 cm³/mol. The highest BCUT2D eigenvalue weighted by Gasteiger charge is 2.47. The Bertz CT molecular complexity index is 625. The summed E-state index contributed by atoms with van der Waals surface area (Å²) in [5.74, 6) is 0.431. The van der Waals surface area contributed by atoms with Crippen molar-refractivity contribution in [1.29, 1.82) is 0 Å². The Morgan fingerprint density at radius 3 is 2.52 bits per heavy atom. The number of unbranched alkanes of at least 4 members (excludes halogenated alkanes) is 3. The fourth-order valence-corrected chi connectivity index (χ4v) is 4.68. The van der Waals surface area contributed by atoms with Crippen molar-refractivity contribution in [3.05, 3.63) is 35.9 Å². The molecule has 0 spiro atoms. The van der Waals surface area contributed by atoms with Crippen LogP contribution in [0.2, 0.25) is 0 Å². The van der Waals surface area contributed by atoms with E-state index in [0.29, 0.717) is 24.0 Å². The quantitative estimate of drug-likeness (QED) is 0.304. The van der Waals surface area contributed by atoms with Crippen LogP contribution in [0.1, 0.15) is 56.9 Å². The number of thiocarbonyl (C=S) groups is 1. The molecule has 4 atom stereocenters. The first-order valence-electron chi connectivity index (χ1n) is 10.1. The van der Waals surface area contributed by atoms with Crippen molar-refractivity contribution in [2.75, 3.05) is 6.54 Å². The third-order valence-electron chi connectivity index (χ3n) is 5.84. The van der Waals surface area contributed by atoms with Gasteiger partial charge in [-0.2, -0.15) is 0 Å². The van der Waals surface area contributed by atoms with Crippen LogP contribution in [0.3, 0.4) is 0 Å². The van der Waals surface area contributed by atoms with Gasteiger partial charge in [-0.25, -0.2) is 5.43 Å². The van der Waals surface area contributed by atoms with Crippen LogP contribution in [0.15, 0.2) is 30.3 Å². The van der Waals surface area contributed by atoms with E-state index in [9.17, 15) is 4.79 Å². The average molecular weight is 391 g/mol. The molecule has 2 aliphatic rings. The van der Waals surface area contributed by atoms with E-state index < -0.39 is 5.97 Å². The highest BCUT2D eigenvalue weighted by atomic mass is 32.1. The molecule has 27 heavy (non-hydrogen) atoms. The second kappa shape index (κ2) is 10.2. The summed E-state index contributed by atoms with van der Waals surface area (Å²) >= 11 is 5.44. The van der Waals surface area contributed by atoms with Crippen molar-refractivity contribution in [1.82, 2.24) is 10.9 Å². The normalized spacial score (nSPS) is 26.2. The van der Waals surface area contributed by atoms with Gasteiger partial charge in [-0.15, -0.1) is 0 Å². The maximum atomic E-state index is 10.6. The highest BCUT2D eigenvalue weighted by molar-refractivity contribution is 7.80. The zero-order chi connectivity index (χ0) is 19.1. The molecule has 0 saturated carbocycles. The summed E-state index contributed by atoms with van der Waals surface area (Å²) in [6, 6.07) is 9.97. The van der Waals surface area contributed by atoms with Gasteiger partial charge in [-0.1, -0.05) is 61.8 Å². The van der Waals surface area contributed by atoms with Crippen LogP contribution in [-0.2, 0) is 9.53 Å². The van der Waals surface area contributed by atoms with Gasteiger partial charge in [0.15, 0.2) is 0 Å². The van der Waals surface area contributed by atoms with E-state index in [0.717, 1.165) is 49.2 Å². The predicted octanol–water partition coefficient (Wildman–Crippen LogP) is 3.68. The first kappa shape index (κ1) is 20.2. The number of hydrogen-bond acceptors (Lipinski definition) is 4. The molecule has 0 aliphatic carbocycles. The van der Waals surface area contributed by atoms with Gasteiger partial charge < -0.3 is 15.3 Å². The molecule has 0 amide bonds. The lowest BCUT2D eigenvalue weighted by atomic mass is 9.76. The highest BCUT2D eigenvalue weighted by Crippen LogP contribution is 2.45. The maximum Gasteiger partial charge on any atom is 0.303 e. The molecule has 3 N–H and O–H groups in total. The molecule has 1 aromatic carbocycles. The number of hydrazine groups is 1. The lowest BCUT2D eigenvalue weighted by Crippen LogP contribution is -2.44. The van der Waals surface area contributed by atoms with Crippen LogP contribution in [0.4, 0.5) is 0 Å². The number of ether oxygens (including phenoxy) is 1. The molecule has 2 heterocycles. The van der Waals surface area contributed by atoms with Gasteiger partial charge in [0.05, 0.1) is 12.2 Å². The summed E-state index contributed by atoms with van der Waals surface area (Å²) in [4.78, 5) is 11.3. The average Bonchev–Trinajstić information content (AvgIpc) is 3.27. The smallest absolute Gasteiger partial charge is 0.303 e. The van der Waals surface area contributed by atoms with Gasteiger partial charge in [0, 0.05) is 24.4 Å². The van der Waals surface area contributed by atoms with Gasteiger partial charge in [-0.05, 0) is 31.6 Å². The van der Waals surface area contributed by atoms with Crippen molar-refractivity contribution in [2.45, 2.75) is 63.6 Å². The van der Waals surface area contributed by atoms with E-state index >= 15 is 0 Å². The number of nitrogens with one attached hydrogen (secondary N) is 2. The minimum absolute atomic E-state index is 0.288. The number of fused-ring (bicyclic) bond motifs is 2. The number of aliphatic carboxylic acids is 1. The Morgan fingerprint density at radius 2 is 1.78 bits per heavy atom. The Labute approximate surface area is 166 Å². The minimum atomic E-state index is -0.691. The number of carboxylic acid groups (broad SMARTS) is 1. The van der Waals surface area contributed by atoms with E-state index in [1.807, 2.05) is 30.3 Å². The van der Waals surface area contributed by atoms with E-state index in [4.69, 9.17) is 22.1 Å². The monoisotopic (exact) mass is 390 g/mol. The zero-order valence-electron chi connectivity index (χ0n) is 15.7. The third kappa shape index (κ3) is 5.74. The Kier molecular flexibility index (Phi) is 7.61. The molecule has 2 bridgehead atoms. The first-order valence-corrected chi connectivity index (χ1v) is 10.5. The Hall–Kier alpha value is -1.50. The first-order chi connectivity index (χ1) is 13.1. The van der Waals surface area contributed by atoms with Gasteiger partial charge in [-0.3, -0.25) is 4.79 Å². The second-order valence-corrected chi connectivity index (χ2v) is 8.07. The summed E-state index contributed by atoms with van der Waals surface area (Å²) in [5, 5.41) is 8.70. The number of benzene rings is 1. The summed E-state index contributed by atoms with van der Waals surface area (Å²) in [6.45, 7) is 0.859. The molecule has 5 nitrogen and oxygen atoms in total. The van der Waals surface area contributed by atoms with Crippen LogP contribution >= 0.6 is 12.2 Å². The molecule has 2 aliphatic heterocycles. The SMILES string of the molecule is O=C(O)CCCCCCC1C2CCC(O2)C1CNNC(=S)c1ccccc1. The summed E-state index contributed by atoms with van der Waals surface area (Å²) in [6.07, 6.45) is 8.63. The molecule has 0 radical (unpaired) electrons. The van der Waals surface area contributed by atoms with E-state index in [2.05, 4.69) is 10.9 Å². The number of carbonyl (C=O) groups is 1. The molecular formula is C21H30N2O3S. The van der Waals surface area contributed by atoms with Crippen LogP contribution in [-0.4, -0.2) is 34.8 Å². The molecular weight excluding hydrogens is 360 g/mol. The Balaban J connectivity index is 1.39. The van der Waals surface area contributed by atoms with Crippen molar-refractivity contribution in [2.24, 2.45) is 11.8 Å². The van der Waals surface area contributed by atoms with Crippen LogP contribution < -0.4 is 10.9 Å². The van der Waals surface area contributed by atoms with Crippen molar-refractivity contribution in [3.63, 3.8) is 0 Å². The summed E-state index contributed by atoms with van der Waals surface area (Å²) in [7, 11) is 0. The van der Waals surface area contributed by atoms with Gasteiger partial charge >= 0.3 is 5.97 Å². The lowest BCUT2D eigenvalue weighted by molar-refractivity contribution is -0.137. The largest absolute Gasteiger partial charge is 0.481 e. The molecule has 1 aromatic rings. The van der Waals surface area contributed by atoms with Crippen molar-refractivity contribution < 1.29 is 14.6 Å². The molecule has 0 aromatic heterocycles. The van der Waals surface area contributed by atoms with Crippen molar-refractivity contribution >= 4 is 23.2 Å². The van der Waals surface area contributed by atoms with Crippen LogP contribution in [0, 0.1) is 11.8 Å². The molecule has 2 saturated heterocycles. The second-order valence-electron chi connectivity index (χ2n) is 7.67. The number of rotatable bonds is 11. The van der Waals surface area contributed by atoms with E-state index in [1.165, 1.54) is 12.8 Å². The minimum Gasteiger partial charge on any atom is -0.481 e. The fraction of sp³-hybridized carbons (Fsp3) is 0.619. The van der Waals surface area contributed by atoms with Gasteiger partial charge in [0.25, 0.3) is 0 Å². The maximum absolute atomic E-state index is 10.6. The number of carboxylic acids is 1. The topological polar surface area (TPSA) is 70.6 Å². The van der Waals surface area contributed by atoms with E-state index in [1.54, 1.807) is 0 Å². The molecule has 2 fully saturated rings. The molecule has 3 rings (SSSR count). The standard InChI is InChI=1S/C21H30N2O3S/c24-20(25)11-7-2-1-6-10-16-17(19-13-12-18(16)26-19)14-22-23-21(27)15-8-4-3-5-9-15/h3-5,8-9,16-19,22H,1-2,6-7,10-14H2,(H,23,27)(H,24,25). The fourth-order valence-electron chi connectivity index (χ4n) is 4.47. The van der Waals surface area contributed by atoms with Gasteiger partial charge in [0.2, 0.25) is 0 Å². The Morgan fingerprint density at radius 1 is 1.07 bits per heavy atom. The van der Waals surface area contributed by atoms with Gasteiger partial charge in [0.1, 0.15) is 4.99 Å². The summed E-state index contributed by atoms with van der Waals surface area (Å²) in [5.41, 5.74) is 7.51. The summed E-state index contributed by atoms with van der Waals surface area (Å²) < 4.78 is 6.17. The lowest BCUT2D eigenvalue weighted by Gasteiger charge is -2.28. The molecule has 4 unspecified atom stereocenters. The third-order valence-corrected chi connectivity index (χ3v) is 6.18. The molecule has 148 valence electrons. The van der Waals surface area contributed by atoms with Crippen molar-refractivity contribution in [3.8, 4) is 0 Å². The van der Waals surface area contributed by atoms with Crippen LogP contribution in [0.5, 0.6) is 0 Å². The van der Waals surface area contributed by atoms with Crippen LogP contribution in [0.25, 0.3) is 0 Å². The van der Waals surface area contributed by atoms with E-state index in [-0.39, 0.29) is 6.42 Å². The zero-order valence-corrected chi connectivity index (χ0v) is 16.5. The molecule has 6 heteroatoms. The number of hydrogen-bond donors (Lipinski definition) is 3.